The predicted octanol–water partition coefficient (Wildman–Crippen LogP) is 2.32. The van der Waals surface area contributed by atoms with E-state index >= 15 is 0 Å². The number of benzene rings is 2. The van der Waals surface area contributed by atoms with Crippen LogP contribution >= 0.6 is 0 Å². The largest absolute Gasteiger partial charge is 0.490 e. The van der Waals surface area contributed by atoms with Crippen LogP contribution in [0.2, 0.25) is 0 Å². The number of nitrogens with zero attached hydrogens (tertiary/aromatic N) is 4. The summed E-state index contributed by atoms with van der Waals surface area (Å²) in [4.78, 5) is 38.3. The Morgan fingerprint density at radius 3 is 2.52 bits per heavy atom. The number of carbonyl (C=O) groups is 2. The second-order valence-electron chi connectivity index (χ2n) is 6.20. The van der Waals surface area contributed by atoms with Crippen LogP contribution in [0.25, 0.3) is 0 Å². The first-order valence-electron chi connectivity index (χ1n) is 8.72. The molecule has 0 bridgehead atoms. The number of carbonyl (C=O) groups excluding carboxylic acids is 2. The third kappa shape index (κ3) is 5.01. The zero-order chi connectivity index (χ0) is 20.8. The molecule has 0 saturated heterocycles. The van der Waals surface area contributed by atoms with E-state index in [9.17, 15) is 19.7 Å². The minimum absolute atomic E-state index is 0.219. The van der Waals surface area contributed by atoms with Crippen LogP contribution in [0.1, 0.15) is 28.9 Å². The molecule has 2 aromatic carbocycles. The van der Waals surface area contributed by atoms with E-state index < -0.39 is 16.8 Å². The minimum Gasteiger partial charge on any atom is -0.390 e. The summed E-state index contributed by atoms with van der Waals surface area (Å²) >= 11 is 0. The van der Waals surface area contributed by atoms with E-state index in [1.54, 1.807) is 24.3 Å². The Morgan fingerprint density at radius 2 is 1.83 bits per heavy atom. The number of nitro groups is 1. The molecule has 10 heteroatoms. The highest BCUT2D eigenvalue weighted by atomic mass is 16.6. The Bertz CT molecular complexity index is 1030. The van der Waals surface area contributed by atoms with Crippen molar-refractivity contribution in [2.24, 2.45) is 0 Å². The van der Waals surface area contributed by atoms with Crippen molar-refractivity contribution in [3.8, 4) is 0 Å². The van der Waals surface area contributed by atoms with Crippen molar-refractivity contribution in [2.75, 3.05) is 5.32 Å². The van der Waals surface area contributed by atoms with Crippen LogP contribution in [0.4, 0.5) is 11.6 Å². The van der Waals surface area contributed by atoms with Crippen LogP contribution in [0.5, 0.6) is 0 Å². The van der Waals surface area contributed by atoms with Gasteiger partial charge in [-0.05, 0) is 29.5 Å². The summed E-state index contributed by atoms with van der Waals surface area (Å²) in [5.74, 6) is -1.43. The molecule has 10 nitrogen and oxygen atoms in total. The van der Waals surface area contributed by atoms with E-state index in [-0.39, 0.29) is 18.5 Å². The van der Waals surface area contributed by atoms with E-state index in [1.165, 1.54) is 0 Å². The van der Waals surface area contributed by atoms with Crippen molar-refractivity contribution >= 4 is 23.5 Å². The maximum absolute atomic E-state index is 12.7. The van der Waals surface area contributed by atoms with E-state index in [0.717, 1.165) is 16.6 Å². The summed E-state index contributed by atoms with van der Waals surface area (Å²) < 4.78 is 1.05. The zero-order valence-electron chi connectivity index (χ0n) is 15.5. The molecule has 3 rings (SSSR count). The van der Waals surface area contributed by atoms with Crippen LogP contribution in [0.3, 0.4) is 0 Å². The van der Waals surface area contributed by atoms with Crippen molar-refractivity contribution in [3.63, 3.8) is 0 Å². The standard InChI is InChI=1S/C19H18N6O4/c1-13(14-7-3-2-4-8-14)21-18(27)15-9-5-6-10-16(15)22-17(26)11-24-12-20-19(23-24)25(28)29/h2-10,12-13H,11H2,1H3,(H,21,27)(H,22,26). The highest BCUT2D eigenvalue weighted by Gasteiger charge is 2.18. The van der Waals surface area contributed by atoms with E-state index in [0.29, 0.717) is 11.3 Å². The summed E-state index contributed by atoms with van der Waals surface area (Å²) in [6.45, 7) is 1.59. The van der Waals surface area contributed by atoms with Gasteiger partial charge in [0, 0.05) is 5.10 Å². The summed E-state index contributed by atoms with van der Waals surface area (Å²) in [5.41, 5.74) is 1.58. The molecule has 3 aromatic rings. The maximum Gasteiger partial charge on any atom is 0.490 e. The van der Waals surface area contributed by atoms with Gasteiger partial charge in [-0.2, -0.15) is 4.68 Å². The first kappa shape index (κ1) is 19.7. The molecule has 2 N–H and O–H groups in total. The fourth-order valence-corrected chi connectivity index (χ4v) is 2.67. The Kier molecular flexibility index (Phi) is 5.93. The molecule has 1 heterocycles. The monoisotopic (exact) mass is 394 g/mol. The van der Waals surface area contributed by atoms with Gasteiger partial charge in [-0.3, -0.25) is 9.59 Å². The van der Waals surface area contributed by atoms with Crippen LogP contribution in [0.15, 0.2) is 60.9 Å². The Morgan fingerprint density at radius 1 is 1.14 bits per heavy atom. The Labute approximate surface area is 165 Å². The first-order chi connectivity index (χ1) is 13.9. The number of para-hydroxylation sites is 1. The molecule has 0 spiro atoms. The van der Waals surface area contributed by atoms with Crippen molar-refractivity contribution in [2.45, 2.75) is 19.5 Å². The molecule has 1 unspecified atom stereocenters. The van der Waals surface area contributed by atoms with Gasteiger partial charge in [-0.25, -0.2) is 0 Å². The molecule has 0 aliphatic carbocycles. The molecule has 148 valence electrons. The van der Waals surface area contributed by atoms with Crippen molar-refractivity contribution < 1.29 is 14.5 Å². The SMILES string of the molecule is CC(NC(=O)c1ccccc1NC(=O)Cn1cnc([N+](=O)[O-])n1)c1ccccc1. The first-order valence-corrected chi connectivity index (χ1v) is 8.72. The van der Waals surface area contributed by atoms with Crippen LogP contribution in [-0.4, -0.2) is 31.5 Å². The lowest BCUT2D eigenvalue weighted by atomic mass is 10.1. The van der Waals surface area contributed by atoms with Gasteiger partial charge < -0.3 is 20.7 Å². The number of hydrogen-bond donors (Lipinski definition) is 2. The maximum atomic E-state index is 12.7. The van der Waals surface area contributed by atoms with Gasteiger partial charge in [0.1, 0.15) is 6.54 Å². The summed E-state index contributed by atoms with van der Waals surface area (Å²) in [5, 5.41) is 19.7. The lowest BCUT2D eigenvalue weighted by Gasteiger charge is -2.16. The second-order valence-corrected chi connectivity index (χ2v) is 6.20. The molecule has 0 fully saturated rings. The van der Waals surface area contributed by atoms with Gasteiger partial charge in [-0.15, -0.1) is 0 Å². The molecule has 1 atom stereocenters. The fraction of sp³-hybridized carbons (Fsp3) is 0.158. The number of aromatic nitrogens is 3. The lowest BCUT2D eigenvalue weighted by molar-refractivity contribution is -0.394. The normalized spacial score (nSPS) is 11.5. The summed E-state index contributed by atoms with van der Waals surface area (Å²) in [7, 11) is 0. The molecule has 2 amide bonds. The highest BCUT2D eigenvalue weighted by Crippen LogP contribution is 2.18. The average Bonchev–Trinajstić information content (AvgIpc) is 3.17. The minimum atomic E-state index is -0.748. The van der Waals surface area contributed by atoms with E-state index in [4.69, 9.17) is 0 Å². The smallest absolute Gasteiger partial charge is 0.390 e. The lowest BCUT2D eigenvalue weighted by Crippen LogP contribution is -2.28. The second kappa shape index (κ2) is 8.74. The summed E-state index contributed by atoms with van der Waals surface area (Å²) in [6, 6.07) is 15.9. The summed E-state index contributed by atoms with van der Waals surface area (Å²) in [6.07, 6.45) is 1.10. The number of anilines is 1. The number of hydrogen-bond acceptors (Lipinski definition) is 6. The topological polar surface area (TPSA) is 132 Å². The molecule has 0 saturated carbocycles. The van der Waals surface area contributed by atoms with Crippen LogP contribution in [0, 0.1) is 10.1 Å². The number of nitrogens with one attached hydrogen (secondary N) is 2. The molecule has 1 aromatic heterocycles. The van der Waals surface area contributed by atoms with Gasteiger partial charge in [0.25, 0.3) is 5.91 Å². The molecule has 0 aliphatic heterocycles. The number of rotatable bonds is 7. The highest BCUT2D eigenvalue weighted by molar-refractivity contribution is 6.03. The van der Waals surface area contributed by atoms with Crippen LogP contribution in [-0.2, 0) is 11.3 Å². The molecule has 29 heavy (non-hydrogen) atoms. The quantitative estimate of drug-likeness (QED) is 0.467. The van der Waals surface area contributed by atoms with Crippen molar-refractivity contribution in [1.82, 2.24) is 20.1 Å². The van der Waals surface area contributed by atoms with Gasteiger partial charge in [0.15, 0.2) is 0 Å². The zero-order valence-corrected chi connectivity index (χ0v) is 15.5. The molecule has 0 aliphatic rings. The molecular formula is C19H18N6O4. The molecule has 0 radical (unpaired) electrons. The van der Waals surface area contributed by atoms with E-state index in [1.807, 2.05) is 37.3 Å². The Hall–Kier alpha value is -4.08. The third-order valence-corrected chi connectivity index (χ3v) is 4.09. The average molecular weight is 394 g/mol. The van der Waals surface area contributed by atoms with Gasteiger partial charge >= 0.3 is 5.95 Å². The fourth-order valence-electron chi connectivity index (χ4n) is 2.67. The van der Waals surface area contributed by atoms with E-state index in [2.05, 4.69) is 20.7 Å². The van der Waals surface area contributed by atoms with Gasteiger partial charge in [0.2, 0.25) is 12.2 Å². The molecular weight excluding hydrogens is 376 g/mol. The Balaban J connectivity index is 1.68. The van der Waals surface area contributed by atoms with Crippen LogP contribution < -0.4 is 10.6 Å². The van der Waals surface area contributed by atoms with Gasteiger partial charge in [-0.1, -0.05) is 47.4 Å². The van der Waals surface area contributed by atoms with Crippen molar-refractivity contribution in [1.29, 1.82) is 0 Å². The third-order valence-electron chi connectivity index (χ3n) is 4.09. The number of amides is 2. The predicted molar refractivity (Wildman–Crippen MR) is 104 cm³/mol. The van der Waals surface area contributed by atoms with Gasteiger partial charge in [0.05, 0.1) is 17.3 Å². The van der Waals surface area contributed by atoms with Crippen molar-refractivity contribution in [3.05, 3.63) is 82.2 Å².